The Bertz CT molecular complexity index is 27.0. The number of rotatable bonds is 1. The molecule has 0 spiro atoms. The zero-order chi connectivity index (χ0) is 3.41. The first-order chi connectivity index (χ1) is 1.91. The van der Waals surface area contributed by atoms with Gasteiger partial charge in [-0.1, -0.05) is 0 Å². The van der Waals surface area contributed by atoms with E-state index in [4.69, 9.17) is 0 Å². The van der Waals surface area contributed by atoms with Crippen molar-refractivity contribution in [3.8, 4) is 0 Å². The van der Waals surface area contributed by atoms with Crippen LogP contribution in [0.2, 0.25) is 0 Å². The van der Waals surface area contributed by atoms with Crippen molar-refractivity contribution in [2.45, 2.75) is 0 Å². The Balaban J connectivity index is 2.73. The Kier molecular flexibility index (Phi) is 4.89. The predicted octanol–water partition coefficient (Wildman–Crippen LogP) is -0.243. The molecule has 0 amide bonds. The van der Waals surface area contributed by atoms with Crippen LogP contribution in [0.1, 0.15) is 0 Å². The fourth-order valence-corrected chi connectivity index (χ4v) is 0. The summed E-state index contributed by atoms with van der Waals surface area (Å²) in [6.45, 7) is 0. The van der Waals surface area contributed by atoms with Gasteiger partial charge in [0, 0.05) is 0 Å². The molecule has 25 valence electrons. The second kappa shape index (κ2) is 3.95. The summed E-state index contributed by atoms with van der Waals surface area (Å²) in [6.07, 6.45) is 0. The Hall–Kier alpha value is 0.951. The molecule has 0 unspecified atom stereocenters. The van der Waals surface area contributed by atoms with E-state index in [9.17, 15) is 6.87 Å². The predicted molar refractivity (Wildman–Crippen MR) is 1.37 cm³/mol. The molecule has 4 heteroatoms. The van der Waals surface area contributed by atoms with E-state index in [2.05, 4.69) is 0 Å². The fourth-order valence-electron chi connectivity index (χ4n) is 0. The Labute approximate surface area is 37.6 Å². The number of hydrogen-bond acceptors (Lipinski definition) is 2. The molecule has 0 aromatic carbocycles. The summed E-state index contributed by atoms with van der Waals surface area (Å²) in [5.41, 5.74) is 0. The first-order valence-electron chi connectivity index (χ1n) is 0.475. The van der Waals surface area contributed by atoms with Gasteiger partial charge in [0.1, 0.15) is 0 Å². The minimum atomic E-state index is -1.34. The molecule has 0 atom stereocenters. The molecule has 0 heterocycles. The standard InChI is InChI=1S/Mo.2O.Re. The third kappa shape index (κ3) is 2.95. The maximum absolute atomic E-state index is 9.20. The van der Waals surface area contributed by atoms with Crippen LogP contribution in [0.15, 0.2) is 0 Å². The molecule has 0 radical (unpaired) electrons. The summed E-state index contributed by atoms with van der Waals surface area (Å²) in [4.78, 5) is 0. The molecule has 0 N–H and O–H groups in total. The van der Waals surface area contributed by atoms with Crippen molar-refractivity contribution < 1.29 is 37.5 Å². The van der Waals surface area contributed by atoms with E-state index >= 15 is 0 Å². The van der Waals surface area contributed by atoms with Gasteiger partial charge in [-0.2, -0.15) is 0 Å². The van der Waals surface area contributed by atoms with Crippen LogP contribution in [-0.2, 0) is 37.5 Å². The van der Waals surface area contributed by atoms with Crippen LogP contribution in [0, 0.1) is 0 Å². The van der Waals surface area contributed by atoms with Crippen molar-refractivity contribution in [1.29, 1.82) is 0 Å². The van der Waals surface area contributed by atoms with Crippen LogP contribution < -0.4 is 0 Å². The third-order valence-electron chi connectivity index (χ3n) is 0.0257. The molecule has 0 saturated carbocycles. The SMILES string of the molecule is [O]=[Mo][Re]=[O]. The quantitative estimate of drug-likeness (QED) is 0.626. The summed E-state index contributed by atoms with van der Waals surface area (Å²) in [6, 6.07) is 0. The van der Waals surface area contributed by atoms with E-state index in [-0.39, 0.29) is 0 Å². The van der Waals surface area contributed by atoms with Crippen molar-refractivity contribution in [3.63, 3.8) is 0 Å². The summed E-state index contributed by atoms with van der Waals surface area (Å²) in [7, 11) is 0. The average molecular weight is 314 g/mol. The van der Waals surface area contributed by atoms with Gasteiger partial charge < -0.3 is 0 Å². The van der Waals surface area contributed by atoms with Gasteiger partial charge in [0.25, 0.3) is 0 Å². The van der Waals surface area contributed by atoms with Gasteiger partial charge in [0.2, 0.25) is 0 Å². The topological polar surface area (TPSA) is 34.1 Å². The van der Waals surface area contributed by atoms with Crippen LogP contribution in [0.4, 0.5) is 0 Å². The van der Waals surface area contributed by atoms with E-state index in [1.807, 2.05) is 0 Å². The van der Waals surface area contributed by atoms with Gasteiger partial charge >= 0.3 is 37.5 Å². The van der Waals surface area contributed by atoms with Gasteiger partial charge in [-0.25, -0.2) is 0 Å². The normalized spacial score (nSPS) is 6.00. The Morgan fingerprint density at radius 2 is 2.00 bits per heavy atom. The Morgan fingerprint density at radius 1 is 1.75 bits per heavy atom. The molecule has 0 saturated heterocycles. The molecule has 0 aliphatic heterocycles. The van der Waals surface area contributed by atoms with Crippen LogP contribution in [-0.4, -0.2) is 0 Å². The first kappa shape index (κ1) is 4.95. The van der Waals surface area contributed by atoms with Crippen LogP contribution in [0.3, 0.4) is 0 Å². The molecule has 0 aliphatic rings. The summed E-state index contributed by atoms with van der Waals surface area (Å²) in [5.74, 6) is 0. The van der Waals surface area contributed by atoms with Crippen molar-refractivity contribution in [1.82, 2.24) is 0 Å². The second-order valence-corrected chi connectivity index (χ2v) is 6.10. The van der Waals surface area contributed by atoms with Crippen molar-refractivity contribution >= 4 is 0 Å². The molecule has 0 bridgehead atoms. The third-order valence-corrected chi connectivity index (χ3v) is 1.25. The molecule has 0 aliphatic carbocycles. The summed E-state index contributed by atoms with van der Waals surface area (Å²) < 4.78 is 18.4. The fraction of sp³-hybridized carbons (Fsp3) is 0. The van der Waals surface area contributed by atoms with E-state index in [0.29, 0.717) is 0 Å². The number of hydrogen-bond donors (Lipinski definition) is 0. The second-order valence-electron chi connectivity index (χ2n) is 0.126. The zero-order valence-electron chi connectivity index (χ0n) is 1.60. The van der Waals surface area contributed by atoms with Gasteiger partial charge in [-0.3, -0.25) is 0 Å². The van der Waals surface area contributed by atoms with Gasteiger partial charge in [-0.15, -0.1) is 0 Å². The summed E-state index contributed by atoms with van der Waals surface area (Å²) >= 11 is -2.51. The molecule has 0 rings (SSSR count). The molecular formula is MoO2Re. The van der Waals surface area contributed by atoms with Crippen molar-refractivity contribution in [2.75, 3.05) is 0 Å². The van der Waals surface area contributed by atoms with Crippen LogP contribution in [0.25, 0.3) is 0 Å². The van der Waals surface area contributed by atoms with Crippen molar-refractivity contribution in [2.24, 2.45) is 0 Å². The summed E-state index contributed by atoms with van der Waals surface area (Å²) in [5, 5.41) is 0. The van der Waals surface area contributed by atoms with Gasteiger partial charge in [0.15, 0.2) is 0 Å². The van der Waals surface area contributed by atoms with Gasteiger partial charge in [-0.05, 0) is 0 Å². The van der Waals surface area contributed by atoms with Gasteiger partial charge in [0.05, 0.1) is 0 Å². The average Bonchev–Trinajstić information content (AvgIpc) is 1.37. The van der Waals surface area contributed by atoms with E-state index < -0.39 is 30.7 Å². The molecule has 0 fully saturated rings. The Morgan fingerprint density at radius 3 is 2.00 bits per heavy atom. The first-order valence-corrected chi connectivity index (χ1v) is 9.72. The molecule has 2 nitrogen and oxygen atoms in total. The monoisotopic (exact) mass is 317 g/mol. The zero-order valence-corrected chi connectivity index (χ0v) is 6.33. The van der Waals surface area contributed by atoms with Crippen LogP contribution in [0.5, 0.6) is 0 Å². The maximum atomic E-state index is 9.20. The minimum absolute atomic E-state index is 1.17. The molecule has 0 aromatic heterocycles. The molecule has 4 heavy (non-hydrogen) atoms. The van der Waals surface area contributed by atoms with E-state index in [1.54, 1.807) is 0 Å². The van der Waals surface area contributed by atoms with Crippen LogP contribution >= 0.6 is 0 Å². The molecule has 0 aromatic rings. The van der Waals surface area contributed by atoms with Crippen molar-refractivity contribution in [3.05, 3.63) is 0 Å². The van der Waals surface area contributed by atoms with E-state index in [0.717, 1.165) is 0 Å². The van der Waals surface area contributed by atoms with E-state index in [1.165, 1.54) is 0 Å². The molecular weight excluding hydrogens is 314 g/mol.